The van der Waals surface area contributed by atoms with Gasteiger partial charge in [0.2, 0.25) is 6.04 Å². The summed E-state index contributed by atoms with van der Waals surface area (Å²) in [7, 11) is 1.50. The molecule has 5 heteroatoms. The van der Waals surface area contributed by atoms with Gasteiger partial charge in [0.05, 0.1) is 7.11 Å². The molecule has 0 unspecified atom stereocenters. The van der Waals surface area contributed by atoms with Crippen LogP contribution in [0.2, 0.25) is 0 Å². The summed E-state index contributed by atoms with van der Waals surface area (Å²) in [6, 6.07) is 5.59. The number of aliphatic hydroxyl groups excluding tert-OH is 1. The van der Waals surface area contributed by atoms with Gasteiger partial charge in [-0.2, -0.15) is 0 Å². The summed E-state index contributed by atoms with van der Waals surface area (Å²) in [5.74, 6) is 0.571. The van der Waals surface area contributed by atoms with Crippen molar-refractivity contribution in [2.75, 3.05) is 7.11 Å². The number of methoxy groups -OCH3 is 1. The normalized spacial score (nSPS) is 14.3. The molecule has 1 aromatic carbocycles. The second kappa shape index (κ2) is 4.75. The minimum Gasteiger partial charge on any atom is -0.497 e. The van der Waals surface area contributed by atoms with Crippen LogP contribution >= 0.6 is 0 Å². The average Bonchev–Trinajstić information content (AvgIpc) is 2.27. The zero-order valence-corrected chi connectivity index (χ0v) is 8.58. The Morgan fingerprint density at radius 1 is 1.53 bits per heavy atom. The number of nitro groups is 1. The van der Waals surface area contributed by atoms with E-state index in [1.54, 1.807) is 24.3 Å². The van der Waals surface area contributed by atoms with E-state index in [1.807, 2.05) is 0 Å². The van der Waals surface area contributed by atoms with Crippen LogP contribution in [0.25, 0.3) is 0 Å². The lowest BCUT2D eigenvalue weighted by Gasteiger charge is -2.13. The molecule has 0 radical (unpaired) electrons. The number of rotatable bonds is 4. The Bertz CT molecular complexity index is 353. The summed E-state index contributed by atoms with van der Waals surface area (Å²) in [5, 5.41) is 20.2. The van der Waals surface area contributed by atoms with E-state index in [2.05, 4.69) is 0 Å². The number of benzene rings is 1. The third-order valence-electron chi connectivity index (χ3n) is 2.22. The molecule has 15 heavy (non-hydrogen) atoms. The van der Waals surface area contributed by atoms with Crippen LogP contribution in [0, 0.1) is 10.1 Å². The largest absolute Gasteiger partial charge is 0.497 e. The predicted molar refractivity (Wildman–Crippen MR) is 54.4 cm³/mol. The first-order valence-electron chi connectivity index (χ1n) is 4.51. The van der Waals surface area contributed by atoms with Crippen LogP contribution in [0.3, 0.4) is 0 Å². The Labute approximate surface area is 87.5 Å². The third kappa shape index (κ3) is 2.66. The van der Waals surface area contributed by atoms with Gasteiger partial charge in [0.1, 0.15) is 11.9 Å². The molecule has 0 aliphatic carbocycles. The van der Waals surface area contributed by atoms with Crippen molar-refractivity contribution in [1.29, 1.82) is 0 Å². The van der Waals surface area contributed by atoms with E-state index < -0.39 is 17.1 Å². The van der Waals surface area contributed by atoms with Gasteiger partial charge in [-0.1, -0.05) is 12.1 Å². The highest BCUT2D eigenvalue weighted by Gasteiger charge is 2.25. The SMILES string of the molecule is COc1cccc([C@@H](O)[C@H](C)[N+](=O)[O-])c1. The summed E-state index contributed by atoms with van der Waals surface area (Å²) >= 11 is 0. The minimum absolute atomic E-state index is 0.485. The molecule has 0 spiro atoms. The summed E-state index contributed by atoms with van der Waals surface area (Å²) in [6.45, 7) is 1.37. The maximum atomic E-state index is 10.5. The second-order valence-electron chi connectivity index (χ2n) is 3.25. The monoisotopic (exact) mass is 211 g/mol. The fourth-order valence-corrected chi connectivity index (χ4v) is 1.22. The van der Waals surface area contributed by atoms with E-state index >= 15 is 0 Å². The molecule has 0 aliphatic heterocycles. The first kappa shape index (κ1) is 11.5. The molecule has 0 bridgehead atoms. The molecule has 0 saturated carbocycles. The molecule has 0 aromatic heterocycles. The van der Waals surface area contributed by atoms with Crippen LogP contribution < -0.4 is 4.74 Å². The number of ether oxygens (including phenoxy) is 1. The van der Waals surface area contributed by atoms with Crippen LogP contribution in [0.15, 0.2) is 24.3 Å². The Kier molecular flexibility index (Phi) is 3.62. The quantitative estimate of drug-likeness (QED) is 0.603. The van der Waals surface area contributed by atoms with Crippen molar-refractivity contribution in [2.45, 2.75) is 19.1 Å². The van der Waals surface area contributed by atoms with Crippen molar-refractivity contribution in [3.8, 4) is 5.75 Å². The van der Waals surface area contributed by atoms with Gasteiger partial charge >= 0.3 is 0 Å². The number of aliphatic hydroxyl groups is 1. The van der Waals surface area contributed by atoms with Crippen LogP contribution in [0.5, 0.6) is 5.75 Å². The van der Waals surface area contributed by atoms with E-state index in [0.717, 1.165) is 0 Å². The van der Waals surface area contributed by atoms with Crippen LogP contribution in [0.4, 0.5) is 0 Å². The lowest BCUT2D eigenvalue weighted by atomic mass is 10.0. The molecule has 1 aromatic rings. The van der Waals surface area contributed by atoms with Gasteiger partial charge in [-0.05, 0) is 17.7 Å². The molecule has 0 heterocycles. The van der Waals surface area contributed by atoms with E-state index in [4.69, 9.17) is 4.74 Å². The number of nitrogens with zero attached hydrogens (tertiary/aromatic N) is 1. The highest BCUT2D eigenvalue weighted by molar-refractivity contribution is 5.30. The lowest BCUT2D eigenvalue weighted by Crippen LogP contribution is -2.23. The smallest absolute Gasteiger partial charge is 0.239 e. The van der Waals surface area contributed by atoms with E-state index in [0.29, 0.717) is 11.3 Å². The second-order valence-corrected chi connectivity index (χ2v) is 3.25. The van der Waals surface area contributed by atoms with Gasteiger partial charge < -0.3 is 9.84 Å². The standard InChI is InChI=1S/C10H13NO4/c1-7(11(13)14)10(12)8-4-3-5-9(6-8)15-2/h3-7,10,12H,1-2H3/t7-,10-/m0/s1. The van der Waals surface area contributed by atoms with Crippen LogP contribution in [-0.2, 0) is 0 Å². The molecule has 0 saturated heterocycles. The van der Waals surface area contributed by atoms with Gasteiger partial charge in [0.15, 0.2) is 0 Å². The fraction of sp³-hybridized carbons (Fsp3) is 0.400. The fourth-order valence-electron chi connectivity index (χ4n) is 1.22. The molecule has 0 aliphatic rings. The molecule has 1 rings (SSSR count). The van der Waals surface area contributed by atoms with E-state index in [-0.39, 0.29) is 0 Å². The maximum Gasteiger partial charge on any atom is 0.239 e. The van der Waals surface area contributed by atoms with Crippen molar-refractivity contribution in [2.24, 2.45) is 0 Å². The molecule has 0 fully saturated rings. The van der Waals surface area contributed by atoms with Crippen molar-refractivity contribution in [1.82, 2.24) is 0 Å². The summed E-state index contributed by atoms with van der Waals surface area (Å²) in [6.07, 6.45) is -1.12. The van der Waals surface area contributed by atoms with Crippen molar-refractivity contribution in [3.63, 3.8) is 0 Å². The highest BCUT2D eigenvalue weighted by atomic mass is 16.6. The summed E-state index contributed by atoms with van der Waals surface area (Å²) < 4.78 is 4.96. The Hall–Kier alpha value is -1.62. The Morgan fingerprint density at radius 3 is 2.73 bits per heavy atom. The van der Waals surface area contributed by atoms with Crippen molar-refractivity contribution < 1.29 is 14.8 Å². The first-order valence-corrected chi connectivity index (χ1v) is 4.51. The van der Waals surface area contributed by atoms with E-state index in [9.17, 15) is 15.2 Å². The number of hydrogen-bond acceptors (Lipinski definition) is 4. The van der Waals surface area contributed by atoms with Gasteiger partial charge in [-0.15, -0.1) is 0 Å². The van der Waals surface area contributed by atoms with Gasteiger partial charge in [-0.3, -0.25) is 10.1 Å². The van der Waals surface area contributed by atoms with Gasteiger partial charge in [0.25, 0.3) is 0 Å². The van der Waals surface area contributed by atoms with E-state index in [1.165, 1.54) is 14.0 Å². The molecular weight excluding hydrogens is 198 g/mol. The zero-order chi connectivity index (χ0) is 11.4. The first-order chi connectivity index (χ1) is 7.06. The Balaban J connectivity index is 2.90. The zero-order valence-electron chi connectivity index (χ0n) is 8.58. The van der Waals surface area contributed by atoms with Crippen molar-refractivity contribution >= 4 is 0 Å². The Morgan fingerprint density at radius 2 is 2.20 bits per heavy atom. The summed E-state index contributed by atoms with van der Waals surface area (Å²) in [5.41, 5.74) is 0.485. The number of hydrogen-bond donors (Lipinski definition) is 1. The molecule has 2 atom stereocenters. The van der Waals surface area contributed by atoms with Gasteiger partial charge in [-0.25, -0.2) is 0 Å². The third-order valence-corrected chi connectivity index (χ3v) is 2.22. The molecule has 82 valence electrons. The van der Waals surface area contributed by atoms with Gasteiger partial charge in [0, 0.05) is 11.8 Å². The van der Waals surface area contributed by atoms with Crippen molar-refractivity contribution in [3.05, 3.63) is 39.9 Å². The van der Waals surface area contributed by atoms with Crippen LogP contribution in [0.1, 0.15) is 18.6 Å². The van der Waals surface area contributed by atoms with Crippen LogP contribution in [-0.4, -0.2) is 23.2 Å². The summed E-state index contributed by atoms with van der Waals surface area (Å²) in [4.78, 5) is 9.97. The molecule has 5 nitrogen and oxygen atoms in total. The highest BCUT2D eigenvalue weighted by Crippen LogP contribution is 2.22. The minimum atomic E-state index is -1.12. The molecule has 1 N–H and O–H groups in total. The predicted octanol–water partition coefficient (Wildman–Crippen LogP) is 1.39. The maximum absolute atomic E-state index is 10.5. The molecular formula is C10H13NO4. The topological polar surface area (TPSA) is 72.6 Å². The average molecular weight is 211 g/mol. The lowest BCUT2D eigenvalue weighted by molar-refractivity contribution is -0.531. The molecule has 0 amide bonds.